The van der Waals surface area contributed by atoms with Gasteiger partial charge in [-0.1, -0.05) is 24.3 Å². The summed E-state index contributed by atoms with van der Waals surface area (Å²) in [7, 11) is 0. The maximum absolute atomic E-state index is 12.0. The first-order chi connectivity index (χ1) is 15.7. The molecular formula is C24H26N6O2. The first-order valence-electron chi connectivity index (χ1n) is 11.0. The van der Waals surface area contributed by atoms with Crippen molar-refractivity contribution in [1.29, 1.82) is 0 Å². The number of nitrogens with one attached hydrogen (secondary N) is 2. The molecule has 8 nitrogen and oxygen atoms in total. The number of nitrogens with zero attached hydrogens (tertiary/aromatic N) is 4. The van der Waals surface area contributed by atoms with Crippen LogP contribution >= 0.6 is 0 Å². The number of anilines is 1. The molecular weight excluding hydrogens is 404 g/mol. The Labute approximate surface area is 186 Å². The molecule has 0 radical (unpaired) electrons. The zero-order valence-electron chi connectivity index (χ0n) is 18.0. The van der Waals surface area contributed by atoms with Gasteiger partial charge in [-0.25, -0.2) is 15.0 Å². The van der Waals surface area contributed by atoms with Gasteiger partial charge in [-0.3, -0.25) is 4.79 Å². The highest BCUT2D eigenvalue weighted by atomic mass is 16.5. The standard InChI is InChI=1S/C24H26N6O2/c1-2-25-21(31)12-16-8-9-17-5-3-7-20(19(17)11-16)32-13-18-6-4-10-30(18)24-22-23(27-14-26-22)28-15-29-24/h3,5,7-9,11,14-15,18H,2,4,6,10,12-13H2,1H3,(H,25,31)(H,26,27,28,29)/t18-/m1/s1. The van der Waals surface area contributed by atoms with Crippen LogP contribution in [0.15, 0.2) is 49.1 Å². The molecule has 1 aliphatic heterocycles. The van der Waals surface area contributed by atoms with Crippen molar-refractivity contribution < 1.29 is 9.53 Å². The van der Waals surface area contributed by atoms with Gasteiger partial charge in [0, 0.05) is 18.5 Å². The van der Waals surface area contributed by atoms with Crippen LogP contribution < -0.4 is 15.0 Å². The summed E-state index contributed by atoms with van der Waals surface area (Å²) in [5.41, 5.74) is 2.51. The Morgan fingerprint density at radius 2 is 2.19 bits per heavy atom. The van der Waals surface area contributed by atoms with Crippen molar-refractivity contribution in [3.8, 4) is 5.75 Å². The third kappa shape index (κ3) is 3.95. The second-order valence-electron chi connectivity index (χ2n) is 8.04. The van der Waals surface area contributed by atoms with E-state index < -0.39 is 0 Å². The summed E-state index contributed by atoms with van der Waals surface area (Å²) in [5.74, 6) is 1.74. The molecule has 2 aromatic heterocycles. The number of hydrogen-bond acceptors (Lipinski definition) is 6. The number of fused-ring (bicyclic) bond motifs is 2. The van der Waals surface area contributed by atoms with Crippen molar-refractivity contribution in [2.75, 3.05) is 24.6 Å². The fourth-order valence-electron chi connectivity index (χ4n) is 4.42. The summed E-state index contributed by atoms with van der Waals surface area (Å²) < 4.78 is 6.34. The van der Waals surface area contributed by atoms with Crippen molar-refractivity contribution in [2.24, 2.45) is 0 Å². The lowest BCUT2D eigenvalue weighted by molar-refractivity contribution is -0.120. The third-order valence-corrected chi connectivity index (χ3v) is 5.93. The van der Waals surface area contributed by atoms with Gasteiger partial charge >= 0.3 is 0 Å². The zero-order chi connectivity index (χ0) is 21.9. The Kier molecular flexibility index (Phi) is 5.58. The van der Waals surface area contributed by atoms with Gasteiger partial charge in [-0.2, -0.15) is 0 Å². The van der Waals surface area contributed by atoms with Gasteiger partial charge in [0.05, 0.1) is 18.8 Å². The quantitative estimate of drug-likeness (QED) is 0.467. The summed E-state index contributed by atoms with van der Waals surface area (Å²) in [6.45, 7) is 4.04. The highest BCUT2D eigenvalue weighted by Crippen LogP contribution is 2.31. The van der Waals surface area contributed by atoms with Crippen LogP contribution in [-0.4, -0.2) is 51.6 Å². The molecule has 0 aliphatic carbocycles. The Morgan fingerprint density at radius 3 is 3.09 bits per heavy atom. The minimum atomic E-state index is 0.0295. The molecule has 0 spiro atoms. The fourth-order valence-corrected chi connectivity index (χ4v) is 4.42. The van der Waals surface area contributed by atoms with Crippen LogP contribution in [0.25, 0.3) is 21.9 Å². The first-order valence-corrected chi connectivity index (χ1v) is 11.0. The number of benzene rings is 2. The lowest BCUT2D eigenvalue weighted by Gasteiger charge is -2.26. The molecule has 8 heteroatoms. The van der Waals surface area contributed by atoms with Crippen LogP contribution in [0.1, 0.15) is 25.3 Å². The van der Waals surface area contributed by atoms with E-state index in [2.05, 4.69) is 48.4 Å². The van der Waals surface area contributed by atoms with E-state index in [1.165, 1.54) is 0 Å². The zero-order valence-corrected chi connectivity index (χ0v) is 18.0. The van der Waals surface area contributed by atoms with Gasteiger partial charge < -0.3 is 19.9 Å². The van der Waals surface area contributed by atoms with Crippen LogP contribution in [0.5, 0.6) is 5.75 Å². The van der Waals surface area contributed by atoms with Gasteiger partial charge in [-0.05, 0) is 42.8 Å². The molecule has 1 atom stereocenters. The molecule has 3 heterocycles. The van der Waals surface area contributed by atoms with Crippen molar-refractivity contribution in [3.05, 3.63) is 54.6 Å². The molecule has 1 fully saturated rings. The highest BCUT2D eigenvalue weighted by Gasteiger charge is 2.28. The molecule has 0 saturated carbocycles. The molecule has 1 amide bonds. The Hall–Kier alpha value is -3.68. The summed E-state index contributed by atoms with van der Waals surface area (Å²) in [5, 5.41) is 4.98. The number of rotatable bonds is 7. The fraction of sp³-hybridized carbons (Fsp3) is 0.333. The number of imidazole rings is 1. The maximum Gasteiger partial charge on any atom is 0.224 e. The number of aromatic amines is 1. The predicted octanol–water partition coefficient (Wildman–Crippen LogP) is 3.23. The lowest BCUT2D eigenvalue weighted by atomic mass is 10.0. The van der Waals surface area contributed by atoms with Crippen LogP contribution in [0.3, 0.4) is 0 Å². The molecule has 1 aliphatic rings. The van der Waals surface area contributed by atoms with Crippen molar-refractivity contribution in [2.45, 2.75) is 32.2 Å². The molecule has 164 valence electrons. The largest absolute Gasteiger partial charge is 0.491 e. The van der Waals surface area contributed by atoms with Gasteiger partial charge in [0.1, 0.15) is 24.2 Å². The molecule has 4 aromatic rings. The number of amides is 1. The monoisotopic (exact) mass is 430 g/mol. The number of carbonyl (C=O) groups excluding carboxylic acids is 1. The predicted molar refractivity (Wildman–Crippen MR) is 124 cm³/mol. The van der Waals surface area contributed by atoms with E-state index >= 15 is 0 Å². The third-order valence-electron chi connectivity index (χ3n) is 5.93. The van der Waals surface area contributed by atoms with E-state index in [4.69, 9.17) is 4.74 Å². The van der Waals surface area contributed by atoms with Gasteiger partial charge in [0.2, 0.25) is 5.91 Å². The summed E-state index contributed by atoms with van der Waals surface area (Å²) in [6.07, 6.45) is 5.70. The van der Waals surface area contributed by atoms with E-state index in [9.17, 15) is 4.79 Å². The van der Waals surface area contributed by atoms with E-state index in [1.807, 2.05) is 25.1 Å². The maximum atomic E-state index is 12.0. The summed E-state index contributed by atoms with van der Waals surface area (Å²) in [6, 6.07) is 12.4. The number of H-pyrrole nitrogens is 1. The topological polar surface area (TPSA) is 96.0 Å². The minimum Gasteiger partial charge on any atom is -0.491 e. The summed E-state index contributed by atoms with van der Waals surface area (Å²) >= 11 is 0. The van der Waals surface area contributed by atoms with Crippen LogP contribution in [-0.2, 0) is 11.2 Å². The van der Waals surface area contributed by atoms with Gasteiger partial charge in [0.15, 0.2) is 11.5 Å². The first kappa shape index (κ1) is 20.2. The van der Waals surface area contributed by atoms with E-state index in [-0.39, 0.29) is 11.9 Å². The number of aromatic nitrogens is 4. The average Bonchev–Trinajstić information content (AvgIpc) is 3.47. The average molecular weight is 431 g/mol. The SMILES string of the molecule is CCNC(=O)Cc1ccc2cccc(OC[C@H]3CCCN3c3ncnc4nc[nH]c34)c2c1. The molecule has 0 bridgehead atoms. The van der Waals surface area contributed by atoms with Crippen LogP contribution in [0, 0.1) is 0 Å². The van der Waals surface area contributed by atoms with Crippen molar-refractivity contribution >= 4 is 33.7 Å². The Morgan fingerprint density at radius 1 is 1.25 bits per heavy atom. The molecule has 0 unspecified atom stereocenters. The minimum absolute atomic E-state index is 0.0295. The molecule has 5 rings (SSSR count). The van der Waals surface area contributed by atoms with E-state index in [0.29, 0.717) is 25.2 Å². The highest BCUT2D eigenvalue weighted by molar-refractivity contribution is 5.90. The Balaban J connectivity index is 1.36. The number of carbonyl (C=O) groups is 1. The van der Waals surface area contributed by atoms with Gasteiger partial charge in [0.25, 0.3) is 0 Å². The second-order valence-corrected chi connectivity index (χ2v) is 8.04. The molecule has 1 saturated heterocycles. The normalized spacial score (nSPS) is 16.0. The Bertz CT molecular complexity index is 1250. The van der Waals surface area contributed by atoms with Crippen molar-refractivity contribution in [1.82, 2.24) is 25.3 Å². The van der Waals surface area contributed by atoms with Gasteiger partial charge in [-0.15, -0.1) is 0 Å². The number of ether oxygens (including phenoxy) is 1. The smallest absolute Gasteiger partial charge is 0.224 e. The second kappa shape index (κ2) is 8.82. The molecule has 2 N–H and O–H groups in total. The van der Waals surface area contributed by atoms with Crippen LogP contribution in [0.4, 0.5) is 5.82 Å². The molecule has 32 heavy (non-hydrogen) atoms. The van der Waals surface area contributed by atoms with E-state index in [0.717, 1.165) is 52.8 Å². The van der Waals surface area contributed by atoms with E-state index in [1.54, 1.807) is 12.7 Å². The molecule has 2 aromatic carbocycles. The summed E-state index contributed by atoms with van der Waals surface area (Å²) in [4.78, 5) is 30.5. The lowest BCUT2D eigenvalue weighted by Crippen LogP contribution is -2.35. The number of hydrogen-bond donors (Lipinski definition) is 2. The van der Waals surface area contributed by atoms with Crippen molar-refractivity contribution in [3.63, 3.8) is 0 Å². The van der Waals surface area contributed by atoms with Crippen LogP contribution in [0.2, 0.25) is 0 Å². The number of likely N-dealkylation sites (N-methyl/N-ethyl adjacent to an activating group) is 1.